The van der Waals surface area contributed by atoms with E-state index in [1.54, 1.807) is 22.7 Å². The lowest BCUT2D eigenvalue weighted by molar-refractivity contribution is 0.959. The summed E-state index contributed by atoms with van der Waals surface area (Å²) in [5.41, 5.74) is 12.9. The largest absolute Gasteiger partial charge is 0.338 e. The van der Waals surface area contributed by atoms with Crippen LogP contribution in [-0.4, -0.2) is 45.3 Å². The fourth-order valence-electron chi connectivity index (χ4n) is 6.99. The predicted molar refractivity (Wildman–Crippen MR) is 210 cm³/mol. The summed E-state index contributed by atoms with van der Waals surface area (Å²) in [4.78, 5) is 29.6. The second kappa shape index (κ2) is 11.4. The van der Waals surface area contributed by atoms with Crippen molar-refractivity contribution in [1.82, 2.24) is 45.3 Å². The van der Waals surface area contributed by atoms with Crippen LogP contribution < -0.4 is 0 Å². The van der Waals surface area contributed by atoms with E-state index < -0.39 is 0 Å². The zero-order valence-electron chi connectivity index (χ0n) is 27.1. The van der Waals surface area contributed by atoms with Crippen molar-refractivity contribution in [2.24, 2.45) is 0 Å². The highest BCUT2D eigenvalue weighted by molar-refractivity contribution is 7.22. The van der Waals surface area contributed by atoms with Crippen molar-refractivity contribution < 1.29 is 0 Å². The summed E-state index contributed by atoms with van der Waals surface area (Å²) in [5.74, 6) is 0.725. The molecule has 5 heterocycles. The van der Waals surface area contributed by atoms with E-state index in [2.05, 4.69) is 68.9 Å². The lowest BCUT2D eigenvalue weighted by atomic mass is 9.86. The summed E-state index contributed by atoms with van der Waals surface area (Å²) in [7, 11) is 0. The van der Waals surface area contributed by atoms with Crippen LogP contribution in [0.15, 0.2) is 128 Å². The Hall–Kier alpha value is -6.69. The average molecular weight is 706 g/mol. The summed E-state index contributed by atoms with van der Waals surface area (Å²) in [6.45, 7) is 0. The molecule has 9 nitrogen and oxygen atoms in total. The van der Waals surface area contributed by atoms with Gasteiger partial charge in [0, 0.05) is 27.8 Å². The first kappa shape index (κ1) is 29.1. The number of nitrogens with one attached hydrogen (secondary N) is 2. The summed E-state index contributed by atoms with van der Waals surface area (Å²) in [5, 5.41) is 13.5. The molecule has 6 aromatic carbocycles. The van der Waals surface area contributed by atoms with Crippen LogP contribution in [0.2, 0.25) is 0 Å². The average Bonchev–Trinajstić information content (AvgIpc) is 4.01. The molecule has 11 rings (SSSR count). The topological polar surface area (TPSA) is 122 Å². The number of hydrogen-bond acceptors (Lipinski definition) is 9. The van der Waals surface area contributed by atoms with Gasteiger partial charge in [-0.05, 0) is 66.2 Å². The van der Waals surface area contributed by atoms with Crippen LogP contribution in [0.3, 0.4) is 0 Å². The molecule has 0 saturated carbocycles. The van der Waals surface area contributed by atoms with Gasteiger partial charge in [-0.1, -0.05) is 65.9 Å². The van der Waals surface area contributed by atoms with Crippen LogP contribution in [0.5, 0.6) is 0 Å². The molecule has 0 aliphatic heterocycles. The molecule has 244 valence electrons. The van der Waals surface area contributed by atoms with Gasteiger partial charge in [0.05, 0.1) is 59.9 Å². The third-order valence-corrected chi connectivity index (χ3v) is 11.4. The van der Waals surface area contributed by atoms with E-state index in [1.807, 2.05) is 79.0 Å². The molecule has 0 saturated heterocycles. The maximum absolute atomic E-state index is 5.32. The van der Waals surface area contributed by atoms with Gasteiger partial charge in [-0.2, -0.15) is 0 Å². The molecule has 0 radical (unpaired) electrons. The maximum atomic E-state index is 5.32. The summed E-state index contributed by atoms with van der Waals surface area (Å²) in [6, 6.07) is 40.8. The second-order valence-electron chi connectivity index (χ2n) is 12.4. The summed E-state index contributed by atoms with van der Waals surface area (Å²) in [6.07, 6.45) is 1.86. The molecular weight excluding hydrogens is 683 g/mol. The lowest BCUT2D eigenvalue weighted by Crippen LogP contribution is -2.00. The molecule has 0 aliphatic rings. The summed E-state index contributed by atoms with van der Waals surface area (Å²) < 4.78 is 2.17. The van der Waals surface area contributed by atoms with Crippen LogP contribution in [0, 0.1) is 0 Å². The Bertz CT molecular complexity index is 3070. The van der Waals surface area contributed by atoms with Gasteiger partial charge in [0.25, 0.3) is 0 Å². The van der Waals surface area contributed by atoms with Crippen LogP contribution in [0.1, 0.15) is 0 Å². The van der Waals surface area contributed by atoms with E-state index in [4.69, 9.17) is 24.9 Å². The molecule has 11 heteroatoms. The number of imidazole rings is 1. The first-order valence-electron chi connectivity index (χ1n) is 16.7. The maximum Gasteiger partial charge on any atom is 0.139 e. The Morgan fingerprint density at radius 1 is 0.481 bits per heavy atom. The molecule has 0 unspecified atom stereocenters. The fourth-order valence-corrected chi connectivity index (χ4v) is 9.04. The first-order valence-corrected chi connectivity index (χ1v) is 18.3. The number of fused-ring (bicyclic) bond motifs is 5. The molecule has 0 spiro atoms. The van der Waals surface area contributed by atoms with Gasteiger partial charge in [-0.15, -0.1) is 27.8 Å². The Balaban J connectivity index is 1.37. The minimum absolute atomic E-state index is 0.710. The van der Waals surface area contributed by atoms with Gasteiger partial charge >= 0.3 is 0 Å². The molecule has 0 atom stereocenters. The van der Waals surface area contributed by atoms with E-state index in [-0.39, 0.29) is 0 Å². The Morgan fingerprint density at radius 3 is 1.88 bits per heavy atom. The first-order chi connectivity index (χ1) is 25.7. The Labute approximate surface area is 302 Å². The van der Waals surface area contributed by atoms with Crippen molar-refractivity contribution in [3.05, 3.63) is 128 Å². The molecule has 5 aromatic heterocycles. The van der Waals surface area contributed by atoms with Crippen molar-refractivity contribution in [3.8, 4) is 54.9 Å². The molecule has 11 aromatic rings. The molecule has 2 N–H and O–H groups in total. The van der Waals surface area contributed by atoms with Gasteiger partial charge in [-0.3, -0.25) is 10.1 Å². The van der Waals surface area contributed by atoms with Crippen LogP contribution >= 0.6 is 22.7 Å². The number of benzene rings is 6. The normalized spacial score (nSPS) is 11.8. The van der Waals surface area contributed by atoms with E-state index in [0.717, 1.165) is 103 Å². The highest BCUT2D eigenvalue weighted by Gasteiger charge is 2.30. The number of aromatic nitrogens is 9. The van der Waals surface area contributed by atoms with Crippen molar-refractivity contribution >= 4 is 76.2 Å². The molecule has 0 amide bonds. The number of H-pyrrole nitrogens is 2. The molecular formula is C41H23N9S2. The number of para-hydroxylation sites is 6. The smallest absolute Gasteiger partial charge is 0.139 e. The molecule has 0 fully saturated rings. The number of nitrogens with zero attached hydrogens (tertiary/aromatic N) is 7. The van der Waals surface area contributed by atoms with Gasteiger partial charge in [0.15, 0.2) is 0 Å². The zero-order valence-corrected chi connectivity index (χ0v) is 28.7. The minimum atomic E-state index is 0.710. The van der Waals surface area contributed by atoms with Crippen molar-refractivity contribution in [1.29, 1.82) is 0 Å². The van der Waals surface area contributed by atoms with Crippen molar-refractivity contribution in [2.45, 2.75) is 0 Å². The van der Waals surface area contributed by atoms with Gasteiger partial charge in [0.2, 0.25) is 0 Å². The SMILES string of the molecule is c1ccc2nc(-c3c(-c4cccc5[nH]nnc45)cc(-c4nc5ccccc5[nH]4)c(-c4nc5ccccc5s4)c3-c3nc4ccccc4s3)cnc2c1. The number of hydrogen-bond donors (Lipinski definition) is 2. The molecule has 0 bridgehead atoms. The van der Waals surface area contributed by atoms with Crippen LogP contribution in [-0.2, 0) is 0 Å². The third-order valence-electron chi connectivity index (χ3n) is 9.34. The van der Waals surface area contributed by atoms with E-state index in [1.165, 1.54) is 0 Å². The van der Waals surface area contributed by atoms with Crippen LogP contribution in [0.25, 0.3) is 108 Å². The minimum Gasteiger partial charge on any atom is -0.338 e. The highest BCUT2D eigenvalue weighted by atomic mass is 32.1. The van der Waals surface area contributed by atoms with E-state index in [0.29, 0.717) is 5.69 Å². The van der Waals surface area contributed by atoms with Crippen LogP contribution in [0.4, 0.5) is 0 Å². The standard InChI is InChI=1S/C41H23N9S2/c1-2-12-26-25(11-1)42-21-32(43-26)35-23(22-10-9-17-31-38(22)49-50-48-31)20-24(39-44-27-13-3-4-14-28(27)45-39)36(40-46-29-15-5-7-18-33(29)51-40)37(35)41-47-30-16-6-8-19-34(30)52-41/h1-21H,(H,44,45)(H,48,49,50). The number of rotatable bonds is 5. The van der Waals surface area contributed by atoms with Crippen molar-refractivity contribution in [2.75, 3.05) is 0 Å². The number of aromatic amines is 2. The highest BCUT2D eigenvalue weighted by Crippen LogP contribution is 2.52. The van der Waals surface area contributed by atoms with Gasteiger partial charge in [-0.25, -0.2) is 19.9 Å². The monoisotopic (exact) mass is 705 g/mol. The zero-order chi connectivity index (χ0) is 34.2. The van der Waals surface area contributed by atoms with E-state index >= 15 is 0 Å². The fraction of sp³-hybridized carbons (Fsp3) is 0. The second-order valence-corrected chi connectivity index (χ2v) is 14.5. The molecule has 52 heavy (non-hydrogen) atoms. The third kappa shape index (κ3) is 4.57. The lowest BCUT2D eigenvalue weighted by Gasteiger charge is -2.20. The Morgan fingerprint density at radius 2 is 1.13 bits per heavy atom. The van der Waals surface area contributed by atoms with Gasteiger partial charge in [0.1, 0.15) is 21.4 Å². The molecule has 0 aliphatic carbocycles. The Kier molecular flexibility index (Phi) is 6.39. The van der Waals surface area contributed by atoms with Gasteiger partial charge < -0.3 is 4.98 Å². The number of thiazole rings is 2. The summed E-state index contributed by atoms with van der Waals surface area (Å²) >= 11 is 3.30. The van der Waals surface area contributed by atoms with E-state index in [9.17, 15) is 0 Å². The predicted octanol–water partition coefficient (Wildman–Crippen LogP) is 10.3. The quantitative estimate of drug-likeness (QED) is 0.183. The van der Waals surface area contributed by atoms with Crippen molar-refractivity contribution in [3.63, 3.8) is 0 Å².